The summed E-state index contributed by atoms with van der Waals surface area (Å²) in [5.74, 6) is 1.07. The van der Waals surface area contributed by atoms with Crippen LogP contribution in [0, 0.1) is 11.8 Å². The number of nitrogens with one attached hydrogen (secondary N) is 1. The minimum atomic E-state index is 0.230. The molecule has 2 atom stereocenters. The van der Waals surface area contributed by atoms with E-state index in [4.69, 9.17) is 0 Å². The normalized spacial score (nSPS) is 25.6. The molecule has 3 rings (SSSR count). The SMILES string of the molecule is C[C@H]1C[C@H]1C(=O)NCc1ccccc1CN1CCCC1. The van der Waals surface area contributed by atoms with Gasteiger partial charge in [0.15, 0.2) is 0 Å². The van der Waals surface area contributed by atoms with Gasteiger partial charge in [0.05, 0.1) is 0 Å². The summed E-state index contributed by atoms with van der Waals surface area (Å²) < 4.78 is 0. The highest BCUT2D eigenvalue weighted by molar-refractivity contribution is 5.81. The van der Waals surface area contributed by atoms with Crippen molar-refractivity contribution in [1.29, 1.82) is 0 Å². The van der Waals surface area contributed by atoms with Crippen LogP contribution in [0.3, 0.4) is 0 Å². The fourth-order valence-electron chi connectivity index (χ4n) is 3.07. The van der Waals surface area contributed by atoms with Gasteiger partial charge in [-0.05, 0) is 49.4 Å². The number of rotatable bonds is 5. The average Bonchev–Trinajstić information content (AvgIpc) is 2.97. The van der Waals surface area contributed by atoms with E-state index in [0.29, 0.717) is 12.5 Å². The Morgan fingerprint density at radius 2 is 1.90 bits per heavy atom. The first kappa shape index (κ1) is 13.6. The van der Waals surface area contributed by atoms with E-state index >= 15 is 0 Å². The average molecular weight is 272 g/mol. The van der Waals surface area contributed by atoms with Crippen LogP contribution >= 0.6 is 0 Å². The van der Waals surface area contributed by atoms with Crippen molar-refractivity contribution in [2.45, 2.75) is 39.3 Å². The molecule has 0 spiro atoms. The molecule has 0 bridgehead atoms. The maximum absolute atomic E-state index is 11.9. The Bertz CT molecular complexity index is 480. The molecule has 1 aliphatic heterocycles. The van der Waals surface area contributed by atoms with E-state index in [2.05, 4.69) is 41.4 Å². The molecule has 1 aromatic rings. The van der Waals surface area contributed by atoms with Crippen molar-refractivity contribution in [2.75, 3.05) is 13.1 Å². The highest BCUT2D eigenvalue weighted by Gasteiger charge is 2.38. The van der Waals surface area contributed by atoms with Crippen LogP contribution in [0.2, 0.25) is 0 Å². The second kappa shape index (κ2) is 5.96. The third-order valence-electron chi connectivity index (χ3n) is 4.61. The zero-order valence-corrected chi connectivity index (χ0v) is 12.3. The van der Waals surface area contributed by atoms with Crippen LogP contribution in [0.25, 0.3) is 0 Å². The van der Waals surface area contributed by atoms with Gasteiger partial charge in [-0.15, -0.1) is 0 Å². The van der Waals surface area contributed by atoms with Gasteiger partial charge in [0.1, 0.15) is 0 Å². The highest BCUT2D eigenvalue weighted by Crippen LogP contribution is 2.37. The number of carbonyl (C=O) groups excluding carboxylic acids is 1. The molecule has 0 aromatic heterocycles. The molecule has 20 heavy (non-hydrogen) atoms. The van der Waals surface area contributed by atoms with E-state index < -0.39 is 0 Å². The predicted molar refractivity (Wildman–Crippen MR) is 80.1 cm³/mol. The van der Waals surface area contributed by atoms with Crippen molar-refractivity contribution < 1.29 is 4.79 Å². The standard InChI is InChI=1S/C17H24N2O/c1-13-10-16(13)17(20)18-11-14-6-2-3-7-15(14)12-19-8-4-5-9-19/h2-3,6-7,13,16H,4-5,8-12H2,1H3,(H,18,20)/t13-,16+/m0/s1. The summed E-state index contributed by atoms with van der Waals surface area (Å²) in [6.07, 6.45) is 3.69. The van der Waals surface area contributed by atoms with Crippen LogP contribution < -0.4 is 5.32 Å². The Labute approximate surface area is 121 Å². The number of nitrogens with zero attached hydrogens (tertiary/aromatic N) is 1. The highest BCUT2D eigenvalue weighted by atomic mass is 16.2. The van der Waals surface area contributed by atoms with E-state index in [1.54, 1.807) is 0 Å². The van der Waals surface area contributed by atoms with Crippen molar-refractivity contribution in [3.63, 3.8) is 0 Å². The van der Waals surface area contributed by atoms with Crippen molar-refractivity contribution in [3.8, 4) is 0 Å². The molecule has 0 unspecified atom stereocenters. The lowest BCUT2D eigenvalue weighted by molar-refractivity contribution is -0.122. The fourth-order valence-corrected chi connectivity index (χ4v) is 3.07. The maximum Gasteiger partial charge on any atom is 0.223 e. The van der Waals surface area contributed by atoms with Gasteiger partial charge in [0.25, 0.3) is 0 Å². The summed E-state index contributed by atoms with van der Waals surface area (Å²) in [5, 5.41) is 3.10. The molecule has 1 N–H and O–H groups in total. The molecule has 1 aliphatic carbocycles. The summed E-state index contributed by atoms with van der Waals surface area (Å²) >= 11 is 0. The third-order valence-corrected chi connectivity index (χ3v) is 4.61. The van der Waals surface area contributed by atoms with Gasteiger partial charge in [-0.2, -0.15) is 0 Å². The van der Waals surface area contributed by atoms with E-state index in [-0.39, 0.29) is 11.8 Å². The maximum atomic E-state index is 11.9. The topological polar surface area (TPSA) is 32.3 Å². The quantitative estimate of drug-likeness (QED) is 0.893. The van der Waals surface area contributed by atoms with Crippen molar-refractivity contribution in [2.24, 2.45) is 11.8 Å². The van der Waals surface area contributed by atoms with Gasteiger partial charge < -0.3 is 5.32 Å². The molecular formula is C17H24N2O. The van der Waals surface area contributed by atoms with Crippen molar-refractivity contribution >= 4 is 5.91 Å². The Hall–Kier alpha value is -1.35. The molecule has 1 saturated heterocycles. The van der Waals surface area contributed by atoms with Gasteiger partial charge in [-0.25, -0.2) is 0 Å². The number of hydrogen-bond acceptors (Lipinski definition) is 2. The number of amides is 1. The second-order valence-corrected chi connectivity index (χ2v) is 6.29. The first-order valence-electron chi connectivity index (χ1n) is 7.81. The van der Waals surface area contributed by atoms with Gasteiger partial charge in [-0.3, -0.25) is 9.69 Å². The number of benzene rings is 1. The Kier molecular flexibility index (Phi) is 4.06. The van der Waals surface area contributed by atoms with Crippen LogP contribution in [-0.2, 0) is 17.9 Å². The molecule has 1 heterocycles. The van der Waals surface area contributed by atoms with E-state index in [9.17, 15) is 4.79 Å². The van der Waals surface area contributed by atoms with Crippen LogP contribution in [-0.4, -0.2) is 23.9 Å². The smallest absolute Gasteiger partial charge is 0.223 e. The lowest BCUT2D eigenvalue weighted by Crippen LogP contribution is -2.26. The van der Waals surface area contributed by atoms with E-state index in [0.717, 1.165) is 13.0 Å². The van der Waals surface area contributed by atoms with Gasteiger partial charge in [0.2, 0.25) is 5.91 Å². The molecule has 2 aliphatic rings. The van der Waals surface area contributed by atoms with Gasteiger partial charge in [0, 0.05) is 19.0 Å². The van der Waals surface area contributed by atoms with E-state index in [1.165, 1.54) is 37.1 Å². The second-order valence-electron chi connectivity index (χ2n) is 6.29. The minimum absolute atomic E-state index is 0.230. The predicted octanol–water partition coefficient (Wildman–Crippen LogP) is 2.55. The molecule has 3 heteroatoms. The summed E-state index contributed by atoms with van der Waals surface area (Å²) in [7, 11) is 0. The number of carbonyl (C=O) groups is 1. The zero-order valence-electron chi connectivity index (χ0n) is 12.3. The number of likely N-dealkylation sites (tertiary alicyclic amines) is 1. The molecule has 108 valence electrons. The van der Waals surface area contributed by atoms with Crippen LogP contribution in [0.15, 0.2) is 24.3 Å². The van der Waals surface area contributed by atoms with Crippen LogP contribution in [0.5, 0.6) is 0 Å². The van der Waals surface area contributed by atoms with Crippen LogP contribution in [0.4, 0.5) is 0 Å². The first-order valence-corrected chi connectivity index (χ1v) is 7.81. The summed E-state index contributed by atoms with van der Waals surface area (Å²) in [6.45, 7) is 6.25. The molecule has 1 saturated carbocycles. The molecule has 1 aromatic carbocycles. The Morgan fingerprint density at radius 3 is 2.55 bits per heavy atom. The largest absolute Gasteiger partial charge is 0.352 e. The summed E-state index contributed by atoms with van der Waals surface area (Å²) in [5.41, 5.74) is 2.62. The fraction of sp³-hybridized carbons (Fsp3) is 0.588. The van der Waals surface area contributed by atoms with Gasteiger partial charge >= 0.3 is 0 Å². The van der Waals surface area contributed by atoms with E-state index in [1.807, 2.05) is 0 Å². The lowest BCUT2D eigenvalue weighted by atomic mass is 10.1. The summed E-state index contributed by atoms with van der Waals surface area (Å²) in [4.78, 5) is 14.4. The monoisotopic (exact) mass is 272 g/mol. The van der Waals surface area contributed by atoms with Crippen molar-refractivity contribution in [1.82, 2.24) is 10.2 Å². The zero-order chi connectivity index (χ0) is 13.9. The number of hydrogen-bond donors (Lipinski definition) is 1. The summed E-state index contributed by atoms with van der Waals surface area (Å²) in [6, 6.07) is 8.50. The van der Waals surface area contributed by atoms with Crippen LogP contribution in [0.1, 0.15) is 37.3 Å². The minimum Gasteiger partial charge on any atom is -0.352 e. The molecule has 0 radical (unpaired) electrons. The molecule has 3 nitrogen and oxygen atoms in total. The Morgan fingerprint density at radius 1 is 1.25 bits per heavy atom. The molecule has 2 fully saturated rings. The molecule has 1 amide bonds. The van der Waals surface area contributed by atoms with Gasteiger partial charge in [-0.1, -0.05) is 31.2 Å². The lowest BCUT2D eigenvalue weighted by Gasteiger charge is -2.17. The van der Waals surface area contributed by atoms with Crippen molar-refractivity contribution in [3.05, 3.63) is 35.4 Å². The molecular weight excluding hydrogens is 248 g/mol. The third kappa shape index (κ3) is 3.21. The Balaban J connectivity index is 1.58. The first-order chi connectivity index (χ1) is 9.74.